The minimum Gasteiger partial charge on any atom is -0.493 e. The van der Waals surface area contributed by atoms with E-state index in [0.29, 0.717) is 12.2 Å². The first-order chi connectivity index (χ1) is 11.3. The first-order valence-corrected chi connectivity index (χ1v) is 8.48. The van der Waals surface area contributed by atoms with Crippen LogP contribution >= 0.6 is 0 Å². The molecule has 0 atom stereocenters. The Labute approximate surface area is 137 Å². The molecule has 1 aromatic heterocycles. The largest absolute Gasteiger partial charge is 0.493 e. The van der Waals surface area contributed by atoms with Gasteiger partial charge in [-0.1, -0.05) is 0 Å². The number of ether oxygens (including phenoxy) is 2. The molecule has 1 aliphatic heterocycles. The van der Waals surface area contributed by atoms with Gasteiger partial charge in [0.05, 0.1) is 6.61 Å². The number of hydrogen-bond donors (Lipinski definition) is 1. The zero-order valence-electron chi connectivity index (χ0n) is 12.4. The standard InChI is InChI=1S/C15H13NO7S/c16-24(19,20)14-4-3-13(23-14)15(18)22-8-11(17)9-1-2-12-10(7-9)5-6-21-12/h1-4,7H,5-6,8H2,(H2,16,19,20). The lowest BCUT2D eigenvalue weighted by Crippen LogP contribution is -2.14. The second-order valence-electron chi connectivity index (χ2n) is 5.08. The molecule has 0 bridgehead atoms. The molecular formula is C15H13NO7S. The highest BCUT2D eigenvalue weighted by molar-refractivity contribution is 7.89. The molecular weight excluding hydrogens is 338 g/mol. The number of primary sulfonamides is 1. The maximum absolute atomic E-state index is 12.1. The van der Waals surface area contributed by atoms with Gasteiger partial charge in [0.15, 0.2) is 12.4 Å². The Morgan fingerprint density at radius 1 is 1.21 bits per heavy atom. The molecule has 0 saturated heterocycles. The van der Waals surface area contributed by atoms with Crippen LogP contribution in [0.5, 0.6) is 5.75 Å². The van der Waals surface area contributed by atoms with Crippen LogP contribution in [0.25, 0.3) is 0 Å². The van der Waals surface area contributed by atoms with Crippen molar-refractivity contribution in [1.29, 1.82) is 0 Å². The van der Waals surface area contributed by atoms with Gasteiger partial charge in [-0.3, -0.25) is 4.79 Å². The van der Waals surface area contributed by atoms with E-state index in [0.717, 1.165) is 29.9 Å². The van der Waals surface area contributed by atoms with Crippen LogP contribution < -0.4 is 9.88 Å². The van der Waals surface area contributed by atoms with Crippen LogP contribution in [-0.2, 0) is 21.2 Å². The van der Waals surface area contributed by atoms with E-state index >= 15 is 0 Å². The van der Waals surface area contributed by atoms with E-state index in [-0.39, 0.29) is 5.76 Å². The van der Waals surface area contributed by atoms with Crippen LogP contribution in [0, 0.1) is 0 Å². The smallest absolute Gasteiger partial charge is 0.374 e. The summed E-state index contributed by atoms with van der Waals surface area (Å²) in [6, 6.07) is 7.13. The third-order valence-corrected chi connectivity index (χ3v) is 4.19. The maximum atomic E-state index is 12.1. The van der Waals surface area contributed by atoms with Crippen LogP contribution in [0.2, 0.25) is 0 Å². The summed E-state index contributed by atoms with van der Waals surface area (Å²) in [6.45, 7) is 0.0801. The van der Waals surface area contributed by atoms with E-state index < -0.39 is 33.5 Å². The fraction of sp³-hybridized carbons (Fsp3) is 0.200. The predicted molar refractivity (Wildman–Crippen MR) is 80.3 cm³/mol. The van der Waals surface area contributed by atoms with Crippen molar-refractivity contribution in [2.45, 2.75) is 11.5 Å². The van der Waals surface area contributed by atoms with Crippen molar-refractivity contribution in [3.8, 4) is 5.75 Å². The van der Waals surface area contributed by atoms with Gasteiger partial charge in [-0.15, -0.1) is 0 Å². The fourth-order valence-electron chi connectivity index (χ4n) is 2.23. The molecule has 2 N–H and O–H groups in total. The highest BCUT2D eigenvalue weighted by Gasteiger charge is 2.20. The van der Waals surface area contributed by atoms with Crippen molar-refractivity contribution in [2.24, 2.45) is 5.14 Å². The van der Waals surface area contributed by atoms with Gasteiger partial charge in [0.25, 0.3) is 10.0 Å². The molecule has 24 heavy (non-hydrogen) atoms. The van der Waals surface area contributed by atoms with E-state index in [1.165, 1.54) is 0 Å². The quantitative estimate of drug-likeness (QED) is 0.626. The number of Topliss-reactive ketones (excluding diaryl/α,β-unsaturated/α-hetero) is 1. The van der Waals surface area contributed by atoms with Crippen LogP contribution in [0.1, 0.15) is 26.5 Å². The van der Waals surface area contributed by atoms with Gasteiger partial charge in [0.2, 0.25) is 10.9 Å². The fourth-order valence-corrected chi connectivity index (χ4v) is 2.69. The van der Waals surface area contributed by atoms with Gasteiger partial charge in [-0.25, -0.2) is 18.4 Å². The average Bonchev–Trinajstić information content (AvgIpc) is 3.19. The van der Waals surface area contributed by atoms with Crippen LogP contribution in [0.3, 0.4) is 0 Å². The van der Waals surface area contributed by atoms with E-state index in [9.17, 15) is 18.0 Å². The number of carbonyl (C=O) groups excluding carboxylic acids is 2. The average molecular weight is 351 g/mol. The number of benzene rings is 1. The first-order valence-electron chi connectivity index (χ1n) is 6.93. The van der Waals surface area contributed by atoms with E-state index in [1.807, 2.05) is 0 Å². The topological polar surface area (TPSA) is 126 Å². The van der Waals surface area contributed by atoms with Crippen molar-refractivity contribution < 1.29 is 31.9 Å². The van der Waals surface area contributed by atoms with Crippen LogP contribution in [0.4, 0.5) is 0 Å². The minimum absolute atomic E-state index is 0.353. The Morgan fingerprint density at radius 3 is 2.71 bits per heavy atom. The summed E-state index contributed by atoms with van der Waals surface area (Å²) in [7, 11) is -4.05. The molecule has 0 amide bonds. The highest BCUT2D eigenvalue weighted by Crippen LogP contribution is 2.26. The number of furan rings is 1. The molecule has 3 rings (SSSR count). The summed E-state index contributed by atoms with van der Waals surface area (Å²) in [6.07, 6.45) is 0.721. The second kappa shape index (κ2) is 6.10. The zero-order chi connectivity index (χ0) is 17.3. The van der Waals surface area contributed by atoms with Crippen LogP contribution in [0.15, 0.2) is 39.8 Å². The van der Waals surface area contributed by atoms with Gasteiger partial charge in [-0.05, 0) is 35.9 Å². The van der Waals surface area contributed by atoms with Crippen molar-refractivity contribution in [1.82, 2.24) is 0 Å². The van der Waals surface area contributed by atoms with Gasteiger partial charge < -0.3 is 13.9 Å². The summed E-state index contributed by atoms with van der Waals surface area (Å²) in [5, 5.41) is 4.32. The minimum atomic E-state index is -4.05. The number of ketones is 1. The summed E-state index contributed by atoms with van der Waals surface area (Å²) in [4.78, 5) is 23.9. The van der Waals surface area contributed by atoms with Gasteiger partial charge >= 0.3 is 5.97 Å². The summed E-state index contributed by atoms with van der Waals surface area (Å²) < 4.78 is 37.1. The number of fused-ring (bicyclic) bond motifs is 1. The van der Waals surface area contributed by atoms with E-state index in [4.69, 9.17) is 19.0 Å². The third kappa shape index (κ3) is 3.31. The lowest BCUT2D eigenvalue weighted by Gasteiger charge is -2.04. The molecule has 0 aliphatic carbocycles. The molecule has 0 radical (unpaired) electrons. The predicted octanol–water partition coefficient (Wildman–Crippen LogP) is 0.902. The zero-order valence-corrected chi connectivity index (χ0v) is 13.2. The van der Waals surface area contributed by atoms with Crippen molar-refractivity contribution in [3.63, 3.8) is 0 Å². The lowest BCUT2D eigenvalue weighted by atomic mass is 10.1. The van der Waals surface area contributed by atoms with E-state index in [2.05, 4.69) is 0 Å². The molecule has 1 aromatic carbocycles. The van der Waals surface area contributed by atoms with Crippen molar-refractivity contribution in [2.75, 3.05) is 13.2 Å². The number of carbonyl (C=O) groups is 2. The Hall–Kier alpha value is -2.65. The lowest BCUT2D eigenvalue weighted by molar-refractivity contribution is 0.0438. The monoisotopic (exact) mass is 351 g/mol. The van der Waals surface area contributed by atoms with E-state index in [1.54, 1.807) is 18.2 Å². The normalized spacial score (nSPS) is 13.2. The number of nitrogens with two attached hydrogens (primary N) is 1. The molecule has 1 aliphatic rings. The van der Waals surface area contributed by atoms with Crippen molar-refractivity contribution >= 4 is 21.8 Å². The first kappa shape index (κ1) is 16.2. The summed E-state index contributed by atoms with van der Waals surface area (Å²) in [5.74, 6) is -0.956. The van der Waals surface area contributed by atoms with Gasteiger partial charge in [0.1, 0.15) is 5.75 Å². The van der Waals surface area contributed by atoms with Gasteiger partial charge in [0, 0.05) is 12.0 Å². The molecule has 2 heterocycles. The molecule has 126 valence electrons. The molecule has 0 unspecified atom stereocenters. The van der Waals surface area contributed by atoms with Gasteiger partial charge in [-0.2, -0.15) is 0 Å². The molecule has 0 saturated carbocycles. The highest BCUT2D eigenvalue weighted by atomic mass is 32.2. The number of sulfonamides is 1. The number of esters is 1. The maximum Gasteiger partial charge on any atom is 0.374 e. The summed E-state index contributed by atoms with van der Waals surface area (Å²) >= 11 is 0. The molecule has 2 aromatic rings. The molecule has 8 nitrogen and oxygen atoms in total. The number of rotatable bonds is 5. The second-order valence-corrected chi connectivity index (χ2v) is 6.58. The Bertz CT molecular complexity index is 914. The molecule has 9 heteroatoms. The Balaban J connectivity index is 1.64. The Morgan fingerprint density at radius 2 is 2.00 bits per heavy atom. The van der Waals surface area contributed by atoms with Crippen molar-refractivity contribution in [3.05, 3.63) is 47.2 Å². The molecule has 0 spiro atoms. The SMILES string of the molecule is NS(=O)(=O)c1ccc(C(=O)OCC(=O)c2ccc3c(c2)CCO3)o1. The molecule has 0 fully saturated rings. The number of hydrogen-bond acceptors (Lipinski definition) is 7. The Kier molecular flexibility index (Phi) is 4.12. The summed E-state index contributed by atoms with van der Waals surface area (Å²) in [5.41, 5.74) is 1.33. The third-order valence-electron chi connectivity index (χ3n) is 3.41. The van der Waals surface area contributed by atoms with Crippen LogP contribution in [-0.4, -0.2) is 33.4 Å².